The first-order valence-electron chi connectivity index (χ1n) is 5.06. The van der Waals surface area contributed by atoms with E-state index in [0.717, 1.165) is 0 Å². The molecule has 0 unspecified atom stereocenters. The third-order valence-electron chi connectivity index (χ3n) is 2.11. The van der Waals surface area contributed by atoms with Crippen LogP contribution in [-0.4, -0.2) is 23.0 Å². The number of carbonyl (C=O) groups is 2. The monoisotopic (exact) mass is 287 g/mol. The van der Waals surface area contributed by atoms with Crippen molar-refractivity contribution in [2.45, 2.75) is 13.0 Å². The lowest BCUT2D eigenvalue weighted by atomic mass is 10.2. The molecule has 1 amide bonds. The minimum atomic E-state index is -1.10. The molecule has 6 heteroatoms. The third kappa shape index (κ3) is 4.39. The van der Waals surface area contributed by atoms with Gasteiger partial charge < -0.3 is 10.4 Å². The summed E-state index contributed by atoms with van der Waals surface area (Å²) in [6, 6.07) is 3.92. The quantitative estimate of drug-likeness (QED) is 0.837. The standard InChI is InChI=1S/C12H11Cl2NO3/c1-7(12(17)18)15-11(16)5-3-8-2-4-9(13)6-10(8)14/h2-7H,1H3,(H,15,16)(H,17,18)/b5-3+/t7-/m1/s1. The molecular weight excluding hydrogens is 277 g/mol. The predicted octanol–water partition coefficient (Wildman–Crippen LogP) is 2.60. The third-order valence-corrected chi connectivity index (χ3v) is 2.67. The molecule has 1 aromatic carbocycles. The van der Waals surface area contributed by atoms with Crippen LogP contribution in [0.15, 0.2) is 24.3 Å². The van der Waals surface area contributed by atoms with Crippen LogP contribution in [-0.2, 0) is 9.59 Å². The highest BCUT2D eigenvalue weighted by molar-refractivity contribution is 6.35. The number of hydrogen-bond donors (Lipinski definition) is 2. The van der Waals surface area contributed by atoms with Crippen LogP contribution in [0.2, 0.25) is 10.0 Å². The van der Waals surface area contributed by atoms with E-state index in [1.54, 1.807) is 18.2 Å². The molecule has 0 saturated heterocycles. The number of nitrogens with one attached hydrogen (secondary N) is 1. The number of halogens is 2. The molecule has 18 heavy (non-hydrogen) atoms. The Morgan fingerprint density at radius 1 is 1.39 bits per heavy atom. The number of carbonyl (C=O) groups excluding carboxylic acids is 1. The number of aliphatic carboxylic acids is 1. The summed E-state index contributed by atoms with van der Waals surface area (Å²) in [5.74, 6) is -1.60. The average Bonchev–Trinajstić information content (AvgIpc) is 2.27. The first-order chi connectivity index (χ1) is 8.40. The molecule has 2 N–H and O–H groups in total. The van der Waals surface area contributed by atoms with Gasteiger partial charge in [-0.1, -0.05) is 29.3 Å². The van der Waals surface area contributed by atoms with Crippen LogP contribution in [0.3, 0.4) is 0 Å². The van der Waals surface area contributed by atoms with E-state index < -0.39 is 17.9 Å². The summed E-state index contributed by atoms with van der Waals surface area (Å²) >= 11 is 11.6. The van der Waals surface area contributed by atoms with Crippen molar-refractivity contribution in [3.63, 3.8) is 0 Å². The lowest BCUT2D eigenvalue weighted by molar-refractivity contribution is -0.140. The van der Waals surface area contributed by atoms with Gasteiger partial charge in [-0.2, -0.15) is 0 Å². The molecule has 0 heterocycles. The van der Waals surface area contributed by atoms with Gasteiger partial charge in [-0.05, 0) is 30.7 Å². The molecule has 0 saturated carbocycles. The predicted molar refractivity (Wildman–Crippen MR) is 70.7 cm³/mol. The molecule has 1 aromatic rings. The smallest absolute Gasteiger partial charge is 0.325 e. The van der Waals surface area contributed by atoms with Crippen molar-refractivity contribution in [3.05, 3.63) is 39.9 Å². The molecule has 1 atom stereocenters. The zero-order valence-electron chi connectivity index (χ0n) is 9.48. The van der Waals surface area contributed by atoms with Gasteiger partial charge >= 0.3 is 5.97 Å². The normalized spacial score (nSPS) is 12.4. The van der Waals surface area contributed by atoms with Crippen molar-refractivity contribution in [2.24, 2.45) is 0 Å². The van der Waals surface area contributed by atoms with Gasteiger partial charge in [-0.15, -0.1) is 0 Å². The van der Waals surface area contributed by atoms with Crippen LogP contribution in [0.5, 0.6) is 0 Å². The van der Waals surface area contributed by atoms with E-state index in [1.807, 2.05) is 0 Å². The second kappa shape index (κ2) is 6.42. The van der Waals surface area contributed by atoms with Gasteiger partial charge in [0.25, 0.3) is 0 Å². The first-order valence-corrected chi connectivity index (χ1v) is 5.82. The van der Waals surface area contributed by atoms with Crippen LogP contribution >= 0.6 is 23.2 Å². The SMILES string of the molecule is C[C@@H](NC(=O)/C=C/c1ccc(Cl)cc1Cl)C(=O)O. The molecule has 96 valence electrons. The lowest BCUT2D eigenvalue weighted by Gasteiger charge is -2.06. The molecule has 0 bridgehead atoms. The number of amides is 1. The maximum absolute atomic E-state index is 11.4. The van der Waals surface area contributed by atoms with Gasteiger partial charge in [0.2, 0.25) is 5.91 Å². The van der Waals surface area contributed by atoms with E-state index in [9.17, 15) is 9.59 Å². The largest absolute Gasteiger partial charge is 0.480 e. The Bertz CT molecular complexity index is 500. The summed E-state index contributed by atoms with van der Waals surface area (Å²) in [7, 11) is 0. The Morgan fingerprint density at radius 2 is 2.06 bits per heavy atom. The van der Waals surface area contributed by atoms with E-state index in [4.69, 9.17) is 28.3 Å². The highest BCUT2D eigenvalue weighted by Gasteiger charge is 2.11. The Labute approximate surface area is 114 Å². The van der Waals surface area contributed by atoms with E-state index in [2.05, 4.69) is 5.32 Å². The first kappa shape index (κ1) is 14.5. The number of rotatable bonds is 4. The van der Waals surface area contributed by atoms with Crippen LogP contribution in [0.1, 0.15) is 12.5 Å². The molecule has 0 aliphatic carbocycles. The maximum Gasteiger partial charge on any atom is 0.325 e. The van der Waals surface area contributed by atoms with Crippen molar-refractivity contribution >= 4 is 41.2 Å². The lowest BCUT2D eigenvalue weighted by Crippen LogP contribution is -2.37. The molecule has 1 rings (SSSR count). The Balaban J connectivity index is 2.69. The van der Waals surface area contributed by atoms with Gasteiger partial charge in [-0.25, -0.2) is 0 Å². The zero-order valence-corrected chi connectivity index (χ0v) is 11.0. The van der Waals surface area contributed by atoms with Crippen molar-refractivity contribution in [3.8, 4) is 0 Å². The van der Waals surface area contributed by atoms with Gasteiger partial charge in [0.15, 0.2) is 0 Å². The summed E-state index contributed by atoms with van der Waals surface area (Å²) in [4.78, 5) is 21.9. The minimum Gasteiger partial charge on any atom is -0.480 e. The maximum atomic E-state index is 11.4. The van der Waals surface area contributed by atoms with Gasteiger partial charge in [0.1, 0.15) is 6.04 Å². The van der Waals surface area contributed by atoms with E-state index in [-0.39, 0.29) is 0 Å². The molecule has 4 nitrogen and oxygen atoms in total. The van der Waals surface area contributed by atoms with Crippen molar-refractivity contribution in [1.29, 1.82) is 0 Å². The molecule has 0 aliphatic rings. The second-order valence-corrected chi connectivity index (χ2v) is 4.41. The van der Waals surface area contributed by atoms with Crippen LogP contribution in [0, 0.1) is 0 Å². The number of benzene rings is 1. The van der Waals surface area contributed by atoms with Crippen LogP contribution in [0.25, 0.3) is 6.08 Å². The summed E-state index contributed by atoms with van der Waals surface area (Å²) < 4.78 is 0. The van der Waals surface area contributed by atoms with Crippen molar-refractivity contribution < 1.29 is 14.7 Å². The van der Waals surface area contributed by atoms with E-state index >= 15 is 0 Å². The minimum absolute atomic E-state index is 0.415. The molecule has 0 radical (unpaired) electrons. The number of hydrogen-bond acceptors (Lipinski definition) is 2. The summed E-state index contributed by atoms with van der Waals surface area (Å²) in [6.07, 6.45) is 2.71. The fourth-order valence-electron chi connectivity index (χ4n) is 1.13. The Morgan fingerprint density at radius 3 is 2.61 bits per heavy atom. The van der Waals surface area contributed by atoms with Gasteiger partial charge in [0, 0.05) is 16.1 Å². The second-order valence-electron chi connectivity index (χ2n) is 3.57. The summed E-state index contributed by atoms with van der Waals surface area (Å²) in [5.41, 5.74) is 0.624. The summed E-state index contributed by atoms with van der Waals surface area (Å²) in [6.45, 7) is 1.38. The van der Waals surface area contributed by atoms with Gasteiger partial charge in [-0.3, -0.25) is 9.59 Å². The Hall–Kier alpha value is -1.52. The molecule has 0 aliphatic heterocycles. The average molecular weight is 288 g/mol. The van der Waals surface area contributed by atoms with Crippen LogP contribution < -0.4 is 5.32 Å². The molecule has 0 fully saturated rings. The van der Waals surface area contributed by atoms with Gasteiger partial charge in [0.05, 0.1) is 0 Å². The van der Waals surface area contributed by atoms with Crippen molar-refractivity contribution in [1.82, 2.24) is 5.32 Å². The number of carboxylic acid groups (broad SMARTS) is 1. The molecule has 0 aromatic heterocycles. The van der Waals surface area contributed by atoms with E-state index in [0.29, 0.717) is 15.6 Å². The molecular formula is C12H11Cl2NO3. The highest BCUT2D eigenvalue weighted by atomic mass is 35.5. The fraction of sp³-hybridized carbons (Fsp3) is 0.167. The van der Waals surface area contributed by atoms with E-state index in [1.165, 1.54) is 19.1 Å². The Kier molecular flexibility index (Phi) is 5.19. The summed E-state index contributed by atoms with van der Waals surface area (Å²) in [5, 5.41) is 11.8. The fourth-order valence-corrected chi connectivity index (χ4v) is 1.60. The number of carboxylic acids is 1. The van der Waals surface area contributed by atoms with Crippen molar-refractivity contribution in [2.75, 3.05) is 0 Å². The van der Waals surface area contributed by atoms with Crippen LogP contribution in [0.4, 0.5) is 0 Å². The highest BCUT2D eigenvalue weighted by Crippen LogP contribution is 2.21. The molecule has 0 spiro atoms. The topological polar surface area (TPSA) is 66.4 Å². The zero-order chi connectivity index (χ0) is 13.7.